The molecule has 1 N–H and O–H groups in total. The molecule has 9 heteroatoms. The fourth-order valence-electron chi connectivity index (χ4n) is 1.70. The van der Waals surface area contributed by atoms with Gasteiger partial charge in [0.25, 0.3) is 17.2 Å². The second-order valence-electron chi connectivity index (χ2n) is 4.42. The van der Waals surface area contributed by atoms with E-state index in [9.17, 15) is 19.7 Å². The third kappa shape index (κ3) is 4.48. The first-order valence-corrected chi connectivity index (χ1v) is 6.76. The third-order valence-electron chi connectivity index (χ3n) is 2.80. The first kappa shape index (κ1) is 16.4. The number of nitro groups is 1. The van der Waals surface area contributed by atoms with Crippen LogP contribution in [-0.4, -0.2) is 21.6 Å². The molecule has 118 valence electrons. The first-order chi connectivity index (χ1) is 11.0. The maximum absolute atomic E-state index is 11.7. The Morgan fingerprint density at radius 1 is 1.39 bits per heavy atom. The van der Waals surface area contributed by atoms with Crippen molar-refractivity contribution in [3.8, 4) is 0 Å². The van der Waals surface area contributed by atoms with Crippen molar-refractivity contribution in [2.45, 2.75) is 6.54 Å². The second-order valence-corrected chi connectivity index (χ2v) is 4.83. The van der Waals surface area contributed by atoms with E-state index in [2.05, 4.69) is 10.5 Å². The maximum atomic E-state index is 11.7. The number of benzene rings is 1. The van der Waals surface area contributed by atoms with E-state index in [1.54, 1.807) is 12.1 Å². The number of nitrogens with zero attached hydrogens (tertiary/aromatic N) is 3. The summed E-state index contributed by atoms with van der Waals surface area (Å²) in [6.07, 6.45) is 2.67. The van der Waals surface area contributed by atoms with Crippen molar-refractivity contribution < 1.29 is 9.72 Å². The Balaban J connectivity index is 2.03. The summed E-state index contributed by atoms with van der Waals surface area (Å²) in [6, 6.07) is 8.39. The lowest BCUT2D eigenvalue weighted by molar-refractivity contribution is -0.384. The van der Waals surface area contributed by atoms with Crippen LogP contribution in [-0.2, 0) is 11.3 Å². The second kappa shape index (κ2) is 7.32. The van der Waals surface area contributed by atoms with Crippen molar-refractivity contribution in [1.82, 2.24) is 9.99 Å². The van der Waals surface area contributed by atoms with Gasteiger partial charge < -0.3 is 4.57 Å². The molecule has 0 atom stereocenters. The number of pyridine rings is 1. The van der Waals surface area contributed by atoms with Gasteiger partial charge in [0.1, 0.15) is 6.54 Å². The van der Waals surface area contributed by atoms with E-state index < -0.39 is 10.8 Å². The molecule has 2 rings (SSSR count). The highest BCUT2D eigenvalue weighted by Crippen LogP contribution is 2.20. The molecule has 0 unspecified atom stereocenters. The molecule has 2 aromatic rings. The van der Waals surface area contributed by atoms with Gasteiger partial charge in [-0.05, 0) is 12.1 Å². The van der Waals surface area contributed by atoms with Gasteiger partial charge in [0.2, 0.25) is 0 Å². The number of hydrogen-bond donors (Lipinski definition) is 1. The number of hydrogen-bond acceptors (Lipinski definition) is 5. The molecule has 0 aliphatic rings. The minimum absolute atomic E-state index is 0.141. The summed E-state index contributed by atoms with van der Waals surface area (Å²) in [5, 5.41) is 14.6. The van der Waals surface area contributed by atoms with E-state index in [-0.39, 0.29) is 28.4 Å². The van der Waals surface area contributed by atoms with Gasteiger partial charge in [-0.15, -0.1) is 0 Å². The monoisotopic (exact) mass is 334 g/mol. The number of amides is 1. The quantitative estimate of drug-likeness (QED) is 0.508. The summed E-state index contributed by atoms with van der Waals surface area (Å²) in [5.41, 5.74) is 2.06. The minimum Gasteiger partial charge on any atom is -0.306 e. The van der Waals surface area contributed by atoms with E-state index in [1.807, 2.05) is 0 Å². The van der Waals surface area contributed by atoms with Crippen LogP contribution in [0.2, 0.25) is 5.02 Å². The molecule has 1 amide bonds. The molecular weight excluding hydrogens is 324 g/mol. The van der Waals surface area contributed by atoms with Gasteiger partial charge in [-0.25, -0.2) is 5.43 Å². The van der Waals surface area contributed by atoms with Crippen LogP contribution >= 0.6 is 11.6 Å². The topological polar surface area (TPSA) is 107 Å². The van der Waals surface area contributed by atoms with Crippen LogP contribution in [0.3, 0.4) is 0 Å². The molecule has 1 aromatic heterocycles. The van der Waals surface area contributed by atoms with Crippen molar-refractivity contribution in [2.75, 3.05) is 0 Å². The highest BCUT2D eigenvalue weighted by molar-refractivity contribution is 6.33. The number of nitrogens with one attached hydrogen (secondary N) is 1. The lowest BCUT2D eigenvalue weighted by atomic mass is 10.2. The molecule has 0 radical (unpaired) electrons. The van der Waals surface area contributed by atoms with Crippen LogP contribution in [0.4, 0.5) is 5.69 Å². The molecule has 23 heavy (non-hydrogen) atoms. The SMILES string of the molecule is O=C(Cn1ccccc1=O)N/N=C\c1cc([N+](=O)[O-])ccc1Cl. The fourth-order valence-corrected chi connectivity index (χ4v) is 1.87. The normalized spacial score (nSPS) is 10.7. The molecule has 0 aliphatic heterocycles. The molecule has 0 spiro atoms. The molecule has 1 aromatic carbocycles. The summed E-state index contributed by atoms with van der Waals surface area (Å²) in [5.74, 6) is -0.517. The van der Waals surface area contributed by atoms with Crippen LogP contribution in [0.1, 0.15) is 5.56 Å². The summed E-state index contributed by atoms with van der Waals surface area (Å²) in [7, 11) is 0. The molecule has 0 bridgehead atoms. The van der Waals surface area contributed by atoms with Crippen molar-refractivity contribution in [2.24, 2.45) is 5.10 Å². The summed E-state index contributed by atoms with van der Waals surface area (Å²) in [6.45, 7) is -0.195. The Bertz CT molecular complexity index is 832. The standard InChI is InChI=1S/C14H11ClN4O4/c15-12-5-4-11(19(22)23)7-10(12)8-16-17-13(20)9-18-6-2-1-3-14(18)21/h1-8H,9H2,(H,17,20)/b16-8-. The number of nitro benzene ring substituents is 1. The van der Waals surface area contributed by atoms with Crippen molar-refractivity contribution in [3.05, 3.63) is 73.6 Å². The predicted molar refractivity (Wildman–Crippen MR) is 84.5 cm³/mol. The Morgan fingerprint density at radius 2 is 2.17 bits per heavy atom. The molecular formula is C14H11ClN4O4. The number of non-ortho nitro benzene ring substituents is 1. The zero-order valence-electron chi connectivity index (χ0n) is 11.7. The van der Waals surface area contributed by atoms with Gasteiger partial charge in [-0.3, -0.25) is 19.7 Å². The number of hydrazone groups is 1. The zero-order valence-corrected chi connectivity index (χ0v) is 12.4. The van der Waals surface area contributed by atoms with Crippen molar-refractivity contribution in [1.29, 1.82) is 0 Å². The van der Waals surface area contributed by atoms with E-state index in [1.165, 1.54) is 41.2 Å². The number of aromatic nitrogens is 1. The van der Waals surface area contributed by atoms with Crippen LogP contribution < -0.4 is 11.0 Å². The Kier molecular flexibility index (Phi) is 5.21. The van der Waals surface area contributed by atoms with E-state index in [0.717, 1.165) is 0 Å². The first-order valence-electron chi connectivity index (χ1n) is 6.38. The van der Waals surface area contributed by atoms with Gasteiger partial charge in [0.15, 0.2) is 0 Å². The van der Waals surface area contributed by atoms with Crippen molar-refractivity contribution in [3.63, 3.8) is 0 Å². The third-order valence-corrected chi connectivity index (χ3v) is 3.14. The summed E-state index contributed by atoms with van der Waals surface area (Å²) >= 11 is 5.89. The maximum Gasteiger partial charge on any atom is 0.270 e. The Morgan fingerprint density at radius 3 is 2.87 bits per heavy atom. The average Bonchev–Trinajstić information content (AvgIpc) is 2.51. The summed E-state index contributed by atoms with van der Waals surface area (Å²) < 4.78 is 1.21. The molecule has 0 aliphatic carbocycles. The minimum atomic E-state index is -0.561. The molecule has 0 fully saturated rings. The molecule has 1 heterocycles. The fraction of sp³-hybridized carbons (Fsp3) is 0.0714. The molecule has 0 saturated carbocycles. The smallest absolute Gasteiger partial charge is 0.270 e. The van der Waals surface area contributed by atoms with E-state index >= 15 is 0 Å². The van der Waals surface area contributed by atoms with Crippen LogP contribution in [0.5, 0.6) is 0 Å². The lowest BCUT2D eigenvalue weighted by Gasteiger charge is -2.03. The highest BCUT2D eigenvalue weighted by Gasteiger charge is 2.08. The van der Waals surface area contributed by atoms with Gasteiger partial charge in [0, 0.05) is 35.0 Å². The van der Waals surface area contributed by atoms with Crippen LogP contribution in [0.25, 0.3) is 0 Å². The predicted octanol–water partition coefficient (Wildman–Crippen LogP) is 1.56. The molecule has 0 saturated heterocycles. The Labute approximate surface area is 135 Å². The average molecular weight is 335 g/mol. The Hall–Kier alpha value is -3.00. The number of halogens is 1. The van der Waals surface area contributed by atoms with E-state index in [0.29, 0.717) is 0 Å². The van der Waals surface area contributed by atoms with Gasteiger partial charge in [-0.2, -0.15) is 5.10 Å². The van der Waals surface area contributed by atoms with Crippen LogP contribution in [0.15, 0.2) is 52.5 Å². The van der Waals surface area contributed by atoms with Crippen LogP contribution in [0, 0.1) is 10.1 Å². The number of rotatable bonds is 5. The molecule has 8 nitrogen and oxygen atoms in total. The van der Waals surface area contributed by atoms with Gasteiger partial charge in [0.05, 0.1) is 11.1 Å². The summed E-state index contributed by atoms with van der Waals surface area (Å²) in [4.78, 5) is 33.3. The van der Waals surface area contributed by atoms with Gasteiger partial charge >= 0.3 is 0 Å². The lowest BCUT2D eigenvalue weighted by Crippen LogP contribution is -2.28. The highest BCUT2D eigenvalue weighted by atomic mass is 35.5. The van der Waals surface area contributed by atoms with Gasteiger partial charge in [-0.1, -0.05) is 17.7 Å². The zero-order chi connectivity index (χ0) is 16.8. The number of carbonyl (C=O) groups is 1. The van der Waals surface area contributed by atoms with E-state index in [4.69, 9.17) is 11.6 Å². The largest absolute Gasteiger partial charge is 0.306 e. The van der Waals surface area contributed by atoms with Crippen molar-refractivity contribution >= 4 is 29.4 Å². The number of carbonyl (C=O) groups excluding carboxylic acids is 1.